The summed E-state index contributed by atoms with van der Waals surface area (Å²) < 4.78 is 10.7. The van der Waals surface area contributed by atoms with Gasteiger partial charge in [0.15, 0.2) is 4.58 Å². The van der Waals surface area contributed by atoms with E-state index in [1.165, 1.54) is 0 Å². The van der Waals surface area contributed by atoms with Crippen LogP contribution in [0.2, 0.25) is 0 Å². The van der Waals surface area contributed by atoms with E-state index in [1.807, 2.05) is 0 Å². The normalized spacial score (nSPS) is 33.3. The second-order valence-corrected chi connectivity index (χ2v) is 3.29. The molecule has 0 amide bonds. The fraction of sp³-hybridized carbons (Fsp3) is 0.750. The zero-order valence-electron chi connectivity index (χ0n) is 5.37. The zero-order valence-corrected chi connectivity index (χ0v) is 6.95. The Hall–Kier alpha value is -0.135. The van der Waals surface area contributed by atoms with Gasteiger partial charge in [-0.15, -0.1) is 0 Å². The van der Waals surface area contributed by atoms with Gasteiger partial charge in [0.05, 0.1) is 0 Å². The van der Waals surface area contributed by atoms with Crippen molar-refractivity contribution in [2.45, 2.75) is 11.0 Å². The minimum atomic E-state index is -1.60. The summed E-state index contributed by atoms with van der Waals surface area (Å²) in [7, 11) is 0. The van der Waals surface area contributed by atoms with Crippen LogP contribution in [-0.4, -0.2) is 33.4 Å². The number of hydrogen-bond acceptors (Lipinski definition) is 3. The van der Waals surface area contributed by atoms with Crippen molar-refractivity contribution in [3.05, 3.63) is 0 Å². The smallest absolute Gasteiger partial charge is 0.481 e. The fourth-order valence-electron chi connectivity index (χ4n) is 0.481. The van der Waals surface area contributed by atoms with Crippen LogP contribution in [0.3, 0.4) is 0 Å². The quantitative estimate of drug-likeness (QED) is 0.423. The molecule has 0 spiro atoms. The maximum atomic E-state index is 12.2. The molecule has 11 heavy (non-hydrogen) atoms. The first-order chi connectivity index (χ1) is 4.95. The first-order valence-electron chi connectivity index (χ1n) is 2.66. The van der Waals surface area contributed by atoms with Crippen molar-refractivity contribution in [2.24, 2.45) is 5.92 Å². The van der Waals surface area contributed by atoms with E-state index in [0.717, 1.165) is 0 Å². The SMILES string of the molecule is O=C(O)C1CC1(F)Br.O[B]O. The van der Waals surface area contributed by atoms with Gasteiger partial charge in [-0.25, -0.2) is 4.39 Å². The zero-order chi connectivity index (χ0) is 9.07. The van der Waals surface area contributed by atoms with Crippen LogP contribution in [0.5, 0.6) is 0 Å². The molecule has 0 aromatic rings. The summed E-state index contributed by atoms with van der Waals surface area (Å²) in [6.45, 7) is 0. The summed E-state index contributed by atoms with van der Waals surface area (Å²) >= 11 is 2.61. The average Bonchev–Trinajstić information content (AvgIpc) is 2.42. The Morgan fingerprint density at radius 3 is 2.00 bits per heavy atom. The number of halogens is 2. The Bertz CT molecular complexity index is 153. The highest BCUT2D eigenvalue weighted by molar-refractivity contribution is 9.10. The van der Waals surface area contributed by atoms with Crippen LogP contribution in [0.1, 0.15) is 6.42 Å². The van der Waals surface area contributed by atoms with E-state index in [2.05, 4.69) is 15.9 Å². The van der Waals surface area contributed by atoms with Gasteiger partial charge >= 0.3 is 13.7 Å². The summed E-state index contributed by atoms with van der Waals surface area (Å²) in [6, 6.07) is 0. The predicted molar refractivity (Wildman–Crippen MR) is 38.7 cm³/mol. The van der Waals surface area contributed by atoms with Crippen LogP contribution in [-0.2, 0) is 4.79 Å². The predicted octanol–water partition coefficient (Wildman–Crippen LogP) is -0.343. The number of alkyl halides is 2. The van der Waals surface area contributed by atoms with E-state index in [1.54, 1.807) is 0 Å². The number of aliphatic carboxylic acids is 1. The number of carboxylic acids is 1. The van der Waals surface area contributed by atoms with E-state index < -0.39 is 16.5 Å². The van der Waals surface area contributed by atoms with Gasteiger partial charge < -0.3 is 15.2 Å². The second-order valence-electron chi connectivity index (χ2n) is 1.97. The Labute approximate surface area is 71.5 Å². The molecule has 1 rings (SSSR count). The van der Waals surface area contributed by atoms with Gasteiger partial charge in [0, 0.05) is 6.42 Å². The molecule has 0 saturated heterocycles. The van der Waals surface area contributed by atoms with Crippen molar-refractivity contribution < 1.29 is 24.3 Å². The third kappa shape index (κ3) is 3.69. The topological polar surface area (TPSA) is 77.8 Å². The van der Waals surface area contributed by atoms with E-state index in [-0.39, 0.29) is 14.1 Å². The van der Waals surface area contributed by atoms with Crippen molar-refractivity contribution in [1.29, 1.82) is 0 Å². The lowest BCUT2D eigenvalue weighted by molar-refractivity contribution is -0.139. The maximum Gasteiger partial charge on any atom is 0.482 e. The summed E-state index contributed by atoms with van der Waals surface area (Å²) in [5.41, 5.74) is 0. The minimum absolute atomic E-state index is 0. The van der Waals surface area contributed by atoms with Crippen LogP contribution in [0, 0.1) is 5.92 Å². The molecule has 1 fully saturated rings. The number of carboxylic acid groups (broad SMARTS) is 1. The first-order valence-corrected chi connectivity index (χ1v) is 3.45. The molecule has 2 atom stereocenters. The second kappa shape index (κ2) is 4.03. The molecule has 1 aliphatic carbocycles. The lowest BCUT2D eigenvalue weighted by Gasteiger charge is -1.88. The Morgan fingerprint density at radius 2 is 2.00 bits per heavy atom. The Kier molecular flexibility index (Phi) is 3.98. The highest BCUT2D eigenvalue weighted by Crippen LogP contribution is 2.52. The molecule has 63 valence electrons. The molecule has 1 saturated carbocycles. The number of carbonyl (C=O) groups is 1. The van der Waals surface area contributed by atoms with Gasteiger partial charge in [-0.2, -0.15) is 0 Å². The molecule has 0 aromatic heterocycles. The average molecular weight is 228 g/mol. The summed E-state index contributed by atoms with van der Waals surface area (Å²) in [4.78, 5) is 9.91. The minimum Gasteiger partial charge on any atom is -0.481 e. The van der Waals surface area contributed by atoms with E-state index >= 15 is 0 Å². The molecule has 1 radical (unpaired) electrons. The largest absolute Gasteiger partial charge is 0.482 e. The molecule has 1 aliphatic rings. The van der Waals surface area contributed by atoms with Gasteiger partial charge in [0.2, 0.25) is 0 Å². The highest BCUT2D eigenvalue weighted by Gasteiger charge is 2.58. The maximum absolute atomic E-state index is 12.2. The molecular formula is C4H6BBrFO4. The lowest BCUT2D eigenvalue weighted by atomic mass is 10.4. The number of hydrogen-bond donors (Lipinski definition) is 3. The van der Waals surface area contributed by atoms with E-state index in [4.69, 9.17) is 15.2 Å². The van der Waals surface area contributed by atoms with Gasteiger partial charge in [0.25, 0.3) is 0 Å². The third-order valence-electron chi connectivity index (χ3n) is 1.12. The molecule has 0 aromatic carbocycles. The van der Waals surface area contributed by atoms with Crippen molar-refractivity contribution >= 4 is 29.6 Å². The summed E-state index contributed by atoms with van der Waals surface area (Å²) in [5.74, 6) is -1.88. The van der Waals surface area contributed by atoms with Crippen LogP contribution in [0.4, 0.5) is 4.39 Å². The molecule has 4 nitrogen and oxygen atoms in total. The molecular weight excluding hydrogens is 222 g/mol. The monoisotopic (exact) mass is 227 g/mol. The van der Waals surface area contributed by atoms with Gasteiger partial charge in [0.1, 0.15) is 5.92 Å². The lowest BCUT2D eigenvalue weighted by Crippen LogP contribution is -2.03. The molecule has 0 heterocycles. The molecule has 3 N–H and O–H groups in total. The van der Waals surface area contributed by atoms with Crippen LogP contribution >= 0.6 is 15.9 Å². The number of rotatable bonds is 1. The van der Waals surface area contributed by atoms with Crippen molar-refractivity contribution in [3.8, 4) is 0 Å². The summed E-state index contributed by atoms with van der Waals surface area (Å²) in [5, 5.41) is 22.1. The molecule has 0 aliphatic heterocycles. The van der Waals surface area contributed by atoms with E-state index in [9.17, 15) is 9.18 Å². The van der Waals surface area contributed by atoms with Crippen LogP contribution < -0.4 is 0 Å². The molecule has 0 bridgehead atoms. The van der Waals surface area contributed by atoms with Gasteiger partial charge in [-0.3, -0.25) is 4.79 Å². The Balaban J connectivity index is 0.000000292. The molecule has 2 unspecified atom stereocenters. The molecule has 7 heteroatoms. The van der Waals surface area contributed by atoms with Crippen molar-refractivity contribution in [1.82, 2.24) is 0 Å². The Morgan fingerprint density at radius 1 is 1.73 bits per heavy atom. The van der Waals surface area contributed by atoms with Crippen molar-refractivity contribution in [3.63, 3.8) is 0 Å². The van der Waals surface area contributed by atoms with E-state index in [0.29, 0.717) is 0 Å². The van der Waals surface area contributed by atoms with Crippen molar-refractivity contribution in [2.75, 3.05) is 0 Å². The van der Waals surface area contributed by atoms with Crippen LogP contribution in [0.25, 0.3) is 0 Å². The van der Waals surface area contributed by atoms with Gasteiger partial charge in [-0.1, -0.05) is 0 Å². The van der Waals surface area contributed by atoms with Gasteiger partial charge in [-0.05, 0) is 15.9 Å². The standard InChI is InChI=1S/C4H4BrFO2.BH2O2/c5-4(6)1-2(4)3(7)8;2-1-3/h2H,1H2,(H,7,8);2-3H. The highest BCUT2D eigenvalue weighted by atomic mass is 79.9. The first kappa shape index (κ1) is 10.9. The summed E-state index contributed by atoms with van der Waals surface area (Å²) in [6.07, 6.45) is 0.0995. The fourth-order valence-corrected chi connectivity index (χ4v) is 1.00. The third-order valence-corrected chi connectivity index (χ3v) is 2.00. The van der Waals surface area contributed by atoms with Crippen LogP contribution in [0.15, 0.2) is 0 Å².